The highest BCUT2D eigenvalue weighted by Gasteiger charge is 2.29. The van der Waals surface area contributed by atoms with E-state index in [0.717, 1.165) is 12.8 Å². The van der Waals surface area contributed by atoms with Gasteiger partial charge in [0.05, 0.1) is 5.92 Å². The fraction of sp³-hybridized carbons (Fsp3) is 0.929. The van der Waals surface area contributed by atoms with Crippen molar-refractivity contribution in [3.63, 3.8) is 0 Å². The highest BCUT2D eigenvalue weighted by molar-refractivity contribution is 5.70. The van der Waals surface area contributed by atoms with Crippen molar-refractivity contribution >= 4 is 5.97 Å². The van der Waals surface area contributed by atoms with Crippen LogP contribution >= 0.6 is 0 Å². The molecule has 0 aromatic heterocycles. The Bertz CT molecular complexity index is 187. The molecule has 16 heavy (non-hydrogen) atoms. The van der Waals surface area contributed by atoms with Crippen LogP contribution in [0.3, 0.4) is 0 Å². The van der Waals surface area contributed by atoms with Crippen LogP contribution in [0.25, 0.3) is 0 Å². The molecule has 2 heteroatoms. The lowest BCUT2D eigenvalue weighted by Crippen LogP contribution is -2.28. The third kappa shape index (κ3) is 5.53. The van der Waals surface area contributed by atoms with Crippen molar-refractivity contribution < 1.29 is 9.90 Å². The van der Waals surface area contributed by atoms with Gasteiger partial charge in [0.15, 0.2) is 0 Å². The second-order valence-corrected chi connectivity index (χ2v) is 5.13. The van der Waals surface area contributed by atoms with E-state index in [-0.39, 0.29) is 11.8 Å². The number of carboxylic acid groups (broad SMARTS) is 1. The molecule has 2 atom stereocenters. The van der Waals surface area contributed by atoms with Crippen LogP contribution in [-0.2, 0) is 4.79 Å². The summed E-state index contributed by atoms with van der Waals surface area (Å²) in [5, 5.41) is 9.25. The molecule has 1 N–H and O–H groups in total. The molecule has 2 nitrogen and oxygen atoms in total. The van der Waals surface area contributed by atoms with Gasteiger partial charge in [-0.3, -0.25) is 4.79 Å². The monoisotopic (exact) mass is 228 g/mol. The molecule has 0 heterocycles. The predicted molar refractivity (Wildman–Crippen MR) is 68.5 cm³/mol. The molecule has 0 aromatic rings. The van der Waals surface area contributed by atoms with E-state index < -0.39 is 5.97 Å². The first-order valence-corrected chi connectivity index (χ1v) is 6.77. The molecule has 0 aliphatic rings. The van der Waals surface area contributed by atoms with Crippen LogP contribution in [0, 0.1) is 17.8 Å². The number of hydrogen-bond acceptors (Lipinski definition) is 1. The lowest BCUT2D eigenvalue weighted by Gasteiger charge is -2.25. The first kappa shape index (κ1) is 15.5. The summed E-state index contributed by atoms with van der Waals surface area (Å²) in [4.78, 5) is 11.2. The summed E-state index contributed by atoms with van der Waals surface area (Å²) in [7, 11) is 0. The van der Waals surface area contributed by atoms with Crippen molar-refractivity contribution in [1.29, 1.82) is 0 Å². The van der Waals surface area contributed by atoms with Crippen LogP contribution < -0.4 is 0 Å². The highest BCUT2D eigenvalue weighted by Crippen LogP contribution is 2.28. The van der Waals surface area contributed by atoms with Crippen molar-refractivity contribution in [3.8, 4) is 0 Å². The van der Waals surface area contributed by atoms with Gasteiger partial charge in [0.1, 0.15) is 0 Å². The van der Waals surface area contributed by atoms with E-state index >= 15 is 0 Å². The van der Waals surface area contributed by atoms with Gasteiger partial charge in [-0.2, -0.15) is 0 Å². The summed E-state index contributed by atoms with van der Waals surface area (Å²) in [6.45, 7) is 8.36. The van der Waals surface area contributed by atoms with Crippen LogP contribution in [0.15, 0.2) is 0 Å². The molecule has 0 amide bonds. The van der Waals surface area contributed by atoms with Crippen molar-refractivity contribution in [2.24, 2.45) is 17.8 Å². The molecule has 0 aliphatic heterocycles. The van der Waals surface area contributed by atoms with Crippen LogP contribution in [0.2, 0.25) is 0 Å². The molecular formula is C14H28O2. The van der Waals surface area contributed by atoms with Crippen molar-refractivity contribution in [1.82, 2.24) is 0 Å². The minimum absolute atomic E-state index is 0.161. The predicted octanol–water partition coefficient (Wildman–Crippen LogP) is 4.34. The van der Waals surface area contributed by atoms with E-state index in [1.54, 1.807) is 0 Å². The zero-order valence-electron chi connectivity index (χ0n) is 11.3. The second-order valence-electron chi connectivity index (χ2n) is 5.13. The highest BCUT2D eigenvalue weighted by atomic mass is 16.4. The lowest BCUT2D eigenvalue weighted by molar-refractivity contribution is -0.145. The van der Waals surface area contributed by atoms with Crippen LogP contribution in [-0.4, -0.2) is 11.1 Å². The lowest BCUT2D eigenvalue weighted by atomic mass is 9.79. The summed E-state index contributed by atoms with van der Waals surface area (Å²) in [5.74, 6) is -0.174. The quantitative estimate of drug-likeness (QED) is 0.596. The van der Waals surface area contributed by atoms with Gasteiger partial charge in [0, 0.05) is 0 Å². The molecule has 0 bridgehead atoms. The van der Waals surface area contributed by atoms with Gasteiger partial charge in [-0.25, -0.2) is 0 Å². The van der Waals surface area contributed by atoms with Crippen molar-refractivity contribution in [3.05, 3.63) is 0 Å². The van der Waals surface area contributed by atoms with Gasteiger partial charge in [-0.1, -0.05) is 59.8 Å². The molecule has 0 rings (SSSR count). The fourth-order valence-corrected chi connectivity index (χ4v) is 2.50. The number of carboxylic acids is 1. The smallest absolute Gasteiger partial charge is 0.307 e. The van der Waals surface area contributed by atoms with E-state index in [1.807, 2.05) is 13.8 Å². The Morgan fingerprint density at radius 2 is 1.75 bits per heavy atom. The van der Waals surface area contributed by atoms with Crippen LogP contribution in [0.4, 0.5) is 0 Å². The SMILES string of the molecule is CCCCCCC(CC)C(C(=O)O)C(C)C. The van der Waals surface area contributed by atoms with E-state index in [1.165, 1.54) is 25.7 Å². The van der Waals surface area contributed by atoms with E-state index in [0.29, 0.717) is 5.92 Å². The molecule has 0 saturated heterocycles. The molecule has 2 unspecified atom stereocenters. The minimum Gasteiger partial charge on any atom is -0.481 e. The Labute approximate surface area is 100 Å². The number of rotatable bonds is 9. The molecule has 96 valence electrons. The number of carbonyl (C=O) groups is 1. The Balaban J connectivity index is 4.16. The summed E-state index contributed by atoms with van der Waals surface area (Å²) in [5.41, 5.74) is 0. The van der Waals surface area contributed by atoms with E-state index in [2.05, 4.69) is 13.8 Å². The molecule has 0 aliphatic carbocycles. The van der Waals surface area contributed by atoms with Crippen molar-refractivity contribution in [2.75, 3.05) is 0 Å². The summed E-state index contributed by atoms with van der Waals surface area (Å²) < 4.78 is 0. The maximum atomic E-state index is 11.2. The van der Waals surface area contributed by atoms with Crippen molar-refractivity contribution in [2.45, 2.75) is 66.2 Å². The third-order valence-electron chi connectivity index (χ3n) is 3.46. The summed E-state index contributed by atoms with van der Waals surface area (Å²) in [6.07, 6.45) is 7.01. The largest absolute Gasteiger partial charge is 0.481 e. The molecule has 0 spiro atoms. The molecule has 0 fully saturated rings. The van der Waals surface area contributed by atoms with Gasteiger partial charge >= 0.3 is 5.97 Å². The first-order valence-electron chi connectivity index (χ1n) is 6.77. The average Bonchev–Trinajstić information content (AvgIpc) is 2.21. The average molecular weight is 228 g/mol. The first-order chi connectivity index (χ1) is 7.54. The van der Waals surface area contributed by atoms with Gasteiger partial charge < -0.3 is 5.11 Å². The molecule has 0 aromatic carbocycles. The number of hydrogen-bond donors (Lipinski definition) is 1. The Kier molecular flexibility index (Phi) is 8.32. The summed E-state index contributed by atoms with van der Waals surface area (Å²) >= 11 is 0. The van der Waals surface area contributed by atoms with E-state index in [9.17, 15) is 9.90 Å². The Morgan fingerprint density at radius 1 is 1.12 bits per heavy atom. The van der Waals surface area contributed by atoms with Gasteiger partial charge in [0.2, 0.25) is 0 Å². The topological polar surface area (TPSA) is 37.3 Å². The fourth-order valence-electron chi connectivity index (χ4n) is 2.50. The Morgan fingerprint density at radius 3 is 2.12 bits per heavy atom. The maximum absolute atomic E-state index is 11.2. The second kappa shape index (κ2) is 8.60. The van der Waals surface area contributed by atoms with Crippen LogP contribution in [0.5, 0.6) is 0 Å². The molecular weight excluding hydrogens is 200 g/mol. The normalized spacial score (nSPS) is 15.1. The van der Waals surface area contributed by atoms with E-state index in [4.69, 9.17) is 0 Å². The maximum Gasteiger partial charge on any atom is 0.307 e. The van der Waals surface area contributed by atoms with Gasteiger partial charge in [0.25, 0.3) is 0 Å². The van der Waals surface area contributed by atoms with Gasteiger partial charge in [-0.05, 0) is 18.3 Å². The zero-order valence-corrected chi connectivity index (χ0v) is 11.3. The standard InChI is InChI=1S/C14H28O2/c1-5-7-8-9-10-12(6-2)13(11(3)4)14(15)16/h11-13H,5-10H2,1-4H3,(H,15,16). The molecule has 0 saturated carbocycles. The zero-order chi connectivity index (χ0) is 12.6. The molecule has 0 radical (unpaired) electrons. The minimum atomic E-state index is -0.614. The third-order valence-corrected chi connectivity index (χ3v) is 3.46. The van der Waals surface area contributed by atoms with Gasteiger partial charge in [-0.15, -0.1) is 0 Å². The Hall–Kier alpha value is -0.530. The number of unbranched alkanes of at least 4 members (excludes halogenated alkanes) is 3. The van der Waals surface area contributed by atoms with Crippen LogP contribution in [0.1, 0.15) is 66.2 Å². The number of aliphatic carboxylic acids is 1. The summed E-state index contributed by atoms with van der Waals surface area (Å²) in [6, 6.07) is 0.